The van der Waals surface area contributed by atoms with Crippen molar-refractivity contribution in [3.63, 3.8) is 0 Å². The molecule has 1 fully saturated rings. The number of allylic oxidation sites excluding steroid dienone is 1. The summed E-state index contributed by atoms with van der Waals surface area (Å²) in [5.74, 6) is 6.98. The molecular weight excluding hydrogens is 707 g/mol. The van der Waals surface area contributed by atoms with E-state index < -0.39 is 0 Å². The number of nitrogens with zero attached hydrogens (tertiary/aromatic N) is 1. The van der Waals surface area contributed by atoms with Crippen LogP contribution < -0.4 is 4.90 Å². The maximum absolute atomic E-state index is 13.2. The van der Waals surface area contributed by atoms with Gasteiger partial charge in [0.2, 0.25) is 0 Å². The summed E-state index contributed by atoms with van der Waals surface area (Å²) < 4.78 is 0. The Morgan fingerprint density at radius 2 is 0.914 bits per heavy atom. The molecule has 0 aliphatic heterocycles. The number of Topliss-reactive ketones (excluding diaryl/α,β-unsaturated/α-hetero) is 2. The molecule has 0 N–H and O–H groups in total. The quantitative estimate of drug-likeness (QED) is 0.0234. The molecule has 0 atom stereocenters. The van der Waals surface area contributed by atoms with E-state index in [0.29, 0.717) is 18.4 Å². The first kappa shape index (κ1) is 44.9. The van der Waals surface area contributed by atoms with Crippen molar-refractivity contribution in [2.24, 2.45) is 5.41 Å². The zero-order valence-corrected chi connectivity index (χ0v) is 36.7. The van der Waals surface area contributed by atoms with Gasteiger partial charge in [0.1, 0.15) is 0 Å². The molecular formula is C55H73NO2. The van der Waals surface area contributed by atoms with E-state index in [-0.39, 0.29) is 17.0 Å². The van der Waals surface area contributed by atoms with Crippen LogP contribution in [0.2, 0.25) is 0 Å². The van der Waals surface area contributed by atoms with Crippen LogP contribution in [0.1, 0.15) is 186 Å². The van der Waals surface area contributed by atoms with Gasteiger partial charge < -0.3 is 4.90 Å². The Bertz CT molecular complexity index is 1880. The highest BCUT2D eigenvalue weighted by molar-refractivity contribution is 6.27. The van der Waals surface area contributed by atoms with Crippen molar-refractivity contribution in [3.05, 3.63) is 95.1 Å². The third-order valence-electron chi connectivity index (χ3n) is 12.3. The summed E-state index contributed by atoms with van der Waals surface area (Å²) in [7, 11) is 0. The highest BCUT2D eigenvalue weighted by atomic mass is 16.1. The van der Waals surface area contributed by atoms with Gasteiger partial charge in [-0.25, -0.2) is 0 Å². The molecule has 5 rings (SSSR count). The molecule has 1 saturated carbocycles. The number of carbonyl (C=O) groups excluding carboxylic acids is 2. The van der Waals surface area contributed by atoms with E-state index >= 15 is 0 Å². The summed E-state index contributed by atoms with van der Waals surface area (Å²) in [5.41, 5.74) is 4.22. The van der Waals surface area contributed by atoms with Crippen LogP contribution in [0, 0.1) is 17.3 Å². The lowest BCUT2D eigenvalue weighted by Gasteiger charge is -2.28. The first-order chi connectivity index (χ1) is 28.3. The van der Waals surface area contributed by atoms with E-state index in [1.54, 1.807) is 0 Å². The van der Waals surface area contributed by atoms with Gasteiger partial charge in [-0.3, -0.25) is 9.59 Å². The zero-order chi connectivity index (χ0) is 41.0. The van der Waals surface area contributed by atoms with Crippen LogP contribution in [-0.2, 0) is 9.59 Å². The summed E-state index contributed by atoms with van der Waals surface area (Å²) >= 11 is 0. The normalized spacial score (nSPS) is 13.9. The molecule has 0 unspecified atom stereocenters. The number of benzene rings is 4. The average Bonchev–Trinajstić information content (AvgIpc) is 3.22. The molecule has 4 aromatic rings. The molecule has 4 aromatic carbocycles. The fourth-order valence-electron chi connectivity index (χ4n) is 8.88. The fraction of sp³-hybridized carbons (Fsp3) is 0.527. The molecule has 0 bridgehead atoms. The van der Waals surface area contributed by atoms with Gasteiger partial charge in [-0.1, -0.05) is 204 Å². The van der Waals surface area contributed by atoms with Crippen LogP contribution in [0.25, 0.3) is 27.6 Å². The lowest BCUT2D eigenvalue weighted by molar-refractivity contribution is -0.127. The van der Waals surface area contributed by atoms with Crippen LogP contribution in [-0.4, -0.2) is 24.7 Å². The highest BCUT2D eigenvalue weighted by Gasteiger charge is 2.35. The number of anilines is 1. The monoisotopic (exact) mass is 780 g/mol. The Morgan fingerprint density at radius 1 is 0.517 bits per heavy atom. The largest absolute Gasteiger partial charge is 0.372 e. The molecule has 310 valence electrons. The molecule has 0 heterocycles. The van der Waals surface area contributed by atoms with Gasteiger partial charge in [0.15, 0.2) is 11.6 Å². The van der Waals surface area contributed by atoms with Gasteiger partial charge in [-0.2, -0.15) is 0 Å². The average molecular weight is 780 g/mol. The zero-order valence-electron chi connectivity index (χ0n) is 36.7. The second-order valence-electron chi connectivity index (χ2n) is 17.9. The number of hydrogen-bond donors (Lipinski definition) is 0. The number of rotatable bonds is 24. The third kappa shape index (κ3) is 13.7. The summed E-state index contributed by atoms with van der Waals surface area (Å²) in [5, 5.41) is 4.08. The first-order valence-corrected chi connectivity index (χ1v) is 23.4. The van der Waals surface area contributed by atoms with Crippen LogP contribution in [0.4, 0.5) is 5.69 Å². The Kier molecular flexibility index (Phi) is 18.6. The van der Waals surface area contributed by atoms with Gasteiger partial charge >= 0.3 is 0 Å². The predicted octanol–water partition coefficient (Wildman–Crippen LogP) is 15.4. The molecule has 3 nitrogen and oxygen atoms in total. The lowest BCUT2D eigenvalue weighted by atomic mass is 9.73. The Hall–Kier alpha value is -4.16. The van der Waals surface area contributed by atoms with E-state index in [4.69, 9.17) is 0 Å². The van der Waals surface area contributed by atoms with Crippen LogP contribution in [0.3, 0.4) is 0 Å². The number of hydrogen-bond acceptors (Lipinski definition) is 3. The number of carbonyl (C=O) groups is 2. The second-order valence-corrected chi connectivity index (χ2v) is 17.9. The summed E-state index contributed by atoms with van der Waals surface area (Å²) in [6.45, 7) is 10.8. The maximum atomic E-state index is 13.2. The molecule has 0 saturated heterocycles. The first-order valence-electron chi connectivity index (χ1n) is 23.4. The van der Waals surface area contributed by atoms with Crippen molar-refractivity contribution < 1.29 is 9.59 Å². The molecule has 0 aromatic heterocycles. The van der Waals surface area contributed by atoms with Gasteiger partial charge in [-0.05, 0) is 75.7 Å². The number of unbranched alkanes of at least 4 members (excludes halogenated alkanes) is 18. The van der Waals surface area contributed by atoms with Crippen molar-refractivity contribution in [1.82, 2.24) is 0 Å². The van der Waals surface area contributed by atoms with Gasteiger partial charge in [0, 0.05) is 42.7 Å². The smallest absolute Gasteiger partial charge is 0.167 e. The van der Waals surface area contributed by atoms with E-state index in [1.165, 1.54) is 134 Å². The summed E-state index contributed by atoms with van der Waals surface area (Å²) in [6, 6.07) is 25.5. The minimum absolute atomic E-state index is 0.0627. The van der Waals surface area contributed by atoms with Crippen LogP contribution in [0.15, 0.2) is 78.4 Å². The maximum Gasteiger partial charge on any atom is 0.167 e. The molecule has 1 aliphatic carbocycles. The van der Waals surface area contributed by atoms with Crippen LogP contribution in [0.5, 0.6) is 0 Å². The summed E-state index contributed by atoms with van der Waals surface area (Å²) in [4.78, 5) is 29.1. The van der Waals surface area contributed by atoms with Crippen LogP contribution >= 0.6 is 0 Å². The van der Waals surface area contributed by atoms with E-state index in [2.05, 4.69) is 79.1 Å². The molecule has 1 aliphatic rings. The second kappa shape index (κ2) is 24.1. The number of ketones is 2. The minimum atomic E-state index is -0.301. The minimum Gasteiger partial charge on any atom is -0.372 e. The van der Waals surface area contributed by atoms with Crippen molar-refractivity contribution in [2.45, 2.75) is 169 Å². The molecule has 58 heavy (non-hydrogen) atoms. The van der Waals surface area contributed by atoms with Crippen molar-refractivity contribution in [1.29, 1.82) is 0 Å². The summed E-state index contributed by atoms with van der Waals surface area (Å²) in [6.07, 6.45) is 29.9. The highest BCUT2D eigenvalue weighted by Crippen LogP contribution is 2.38. The van der Waals surface area contributed by atoms with Crippen molar-refractivity contribution in [2.75, 3.05) is 18.0 Å². The Balaban J connectivity index is 1.29. The topological polar surface area (TPSA) is 37.4 Å². The fourth-order valence-corrected chi connectivity index (χ4v) is 8.88. The molecule has 0 radical (unpaired) electrons. The standard InChI is InChI=1S/C55H73NO2/c1-5-7-9-11-13-15-17-19-21-27-39-56(40-28-22-20-18-16-14-12-10-8-6-2)45-36-33-44(34-37-45)35-38-50-46-29-23-25-31-48(46)51(49-32-26-24-30-47(49)50)41-52-53(57)42-55(3,4)43-54(52)58/h23-26,29-34,36-37,41H,5-22,27-28,39-40,42-43H2,1-4H3. The lowest BCUT2D eigenvalue weighted by Crippen LogP contribution is -2.31. The SMILES string of the molecule is CCCCCCCCCCCCN(CCCCCCCCCCCC)c1ccc(C#Cc2c3ccccc3c(C=C3C(=O)CC(C)(C)CC3=O)c3ccccc23)cc1. The molecule has 0 amide bonds. The molecule has 0 spiro atoms. The third-order valence-corrected chi connectivity index (χ3v) is 12.3. The van der Waals surface area contributed by atoms with E-state index in [1.807, 2.05) is 44.2 Å². The Labute approximate surface area is 352 Å². The number of fused-ring (bicyclic) bond motifs is 2. The van der Waals surface area contributed by atoms with E-state index in [0.717, 1.165) is 51.3 Å². The van der Waals surface area contributed by atoms with Crippen molar-refractivity contribution in [3.8, 4) is 11.8 Å². The van der Waals surface area contributed by atoms with Crippen molar-refractivity contribution >= 4 is 44.9 Å². The molecule has 3 heteroatoms. The van der Waals surface area contributed by atoms with E-state index in [9.17, 15) is 9.59 Å². The van der Waals surface area contributed by atoms with Gasteiger partial charge in [0.25, 0.3) is 0 Å². The predicted molar refractivity (Wildman–Crippen MR) is 251 cm³/mol. The van der Waals surface area contributed by atoms with Gasteiger partial charge in [-0.15, -0.1) is 0 Å². The Morgan fingerprint density at radius 3 is 1.34 bits per heavy atom. The van der Waals surface area contributed by atoms with Gasteiger partial charge in [0.05, 0.1) is 5.57 Å².